The molecule has 0 unspecified atom stereocenters. The van der Waals surface area contributed by atoms with Gasteiger partial charge in [0.25, 0.3) is 5.91 Å². The number of aromatic nitrogens is 2. The fourth-order valence-electron chi connectivity index (χ4n) is 3.96. The highest BCUT2D eigenvalue weighted by molar-refractivity contribution is 6.04. The third kappa shape index (κ3) is 6.45. The summed E-state index contributed by atoms with van der Waals surface area (Å²) in [5.41, 5.74) is 3.09. The number of amides is 1. The van der Waals surface area contributed by atoms with Gasteiger partial charge in [-0.05, 0) is 57.1 Å². The summed E-state index contributed by atoms with van der Waals surface area (Å²) in [5, 5.41) is 2.97. The Balaban J connectivity index is 1.95. The van der Waals surface area contributed by atoms with Gasteiger partial charge in [0, 0.05) is 37.6 Å². The van der Waals surface area contributed by atoms with Crippen LogP contribution in [0.4, 0.5) is 11.5 Å². The Morgan fingerprint density at radius 3 is 2.43 bits per heavy atom. The minimum Gasteiger partial charge on any atom is -0.493 e. The Bertz CT molecular complexity index is 1130. The number of rotatable bonds is 12. The van der Waals surface area contributed by atoms with E-state index >= 15 is 0 Å². The van der Waals surface area contributed by atoms with E-state index in [1.807, 2.05) is 18.3 Å². The number of aryl methyl sites for hydroxylation is 1. The van der Waals surface area contributed by atoms with Crippen molar-refractivity contribution in [3.8, 4) is 11.5 Å². The molecule has 0 spiro atoms. The third-order valence-corrected chi connectivity index (χ3v) is 5.99. The van der Waals surface area contributed by atoms with Crippen LogP contribution in [0.1, 0.15) is 43.2 Å². The van der Waals surface area contributed by atoms with Crippen LogP contribution in [-0.4, -0.2) is 68.1 Å². The number of carbonyl (C=O) groups excluding carboxylic acids is 1. The fourth-order valence-corrected chi connectivity index (χ4v) is 3.96. The molecule has 0 aliphatic carbocycles. The molecule has 8 nitrogen and oxygen atoms in total. The second kappa shape index (κ2) is 11.9. The SMILES string of the molecule is CCc1nc2ccc(C(=O)Nc3ccc(OC)c(OC)c3)cn2c1N(CCC(C)C)CCN(C)C. The van der Waals surface area contributed by atoms with Gasteiger partial charge in [-0.2, -0.15) is 0 Å². The lowest BCUT2D eigenvalue weighted by Gasteiger charge is -2.27. The van der Waals surface area contributed by atoms with Gasteiger partial charge in [-0.15, -0.1) is 0 Å². The van der Waals surface area contributed by atoms with Crippen LogP contribution in [-0.2, 0) is 6.42 Å². The molecule has 2 aromatic heterocycles. The lowest BCUT2D eigenvalue weighted by Crippen LogP contribution is -2.34. The smallest absolute Gasteiger partial charge is 0.257 e. The Labute approximate surface area is 208 Å². The van der Waals surface area contributed by atoms with E-state index < -0.39 is 0 Å². The number of imidazole rings is 1. The molecule has 1 aromatic carbocycles. The van der Waals surface area contributed by atoms with Crippen molar-refractivity contribution in [2.24, 2.45) is 5.92 Å². The zero-order valence-corrected chi connectivity index (χ0v) is 22.1. The van der Waals surface area contributed by atoms with Crippen LogP contribution < -0.4 is 19.7 Å². The van der Waals surface area contributed by atoms with Gasteiger partial charge >= 0.3 is 0 Å². The minimum atomic E-state index is -0.196. The van der Waals surface area contributed by atoms with Crippen LogP contribution in [0, 0.1) is 5.92 Å². The number of pyridine rings is 1. The first-order chi connectivity index (χ1) is 16.8. The summed E-state index contributed by atoms with van der Waals surface area (Å²) in [6.07, 6.45) is 3.80. The number of methoxy groups -OCH3 is 2. The Hall–Kier alpha value is -3.26. The number of anilines is 2. The first-order valence-corrected chi connectivity index (χ1v) is 12.2. The molecule has 0 bridgehead atoms. The molecule has 0 aliphatic heterocycles. The van der Waals surface area contributed by atoms with Crippen LogP contribution in [0.2, 0.25) is 0 Å². The number of nitrogens with zero attached hydrogens (tertiary/aromatic N) is 4. The summed E-state index contributed by atoms with van der Waals surface area (Å²) in [5.74, 6) is 2.65. The van der Waals surface area contributed by atoms with E-state index in [-0.39, 0.29) is 5.91 Å². The van der Waals surface area contributed by atoms with Crippen molar-refractivity contribution in [1.82, 2.24) is 14.3 Å². The maximum atomic E-state index is 13.2. The molecule has 1 amide bonds. The molecule has 0 fully saturated rings. The van der Waals surface area contributed by atoms with E-state index in [1.165, 1.54) is 0 Å². The number of fused-ring (bicyclic) bond motifs is 1. The van der Waals surface area contributed by atoms with E-state index in [4.69, 9.17) is 14.5 Å². The maximum absolute atomic E-state index is 13.2. The minimum absolute atomic E-state index is 0.196. The molecule has 3 rings (SSSR count). The molecule has 0 radical (unpaired) electrons. The Kier molecular flexibility index (Phi) is 8.98. The zero-order valence-electron chi connectivity index (χ0n) is 22.1. The molecule has 0 saturated carbocycles. The van der Waals surface area contributed by atoms with Gasteiger partial charge in [-0.1, -0.05) is 20.8 Å². The molecule has 2 heterocycles. The van der Waals surface area contributed by atoms with Gasteiger partial charge in [-0.3, -0.25) is 9.20 Å². The summed E-state index contributed by atoms with van der Waals surface area (Å²) in [6.45, 7) is 9.39. The fraction of sp³-hybridized carbons (Fsp3) is 0.481. The van der Waals surface area contributed by atoms with Crippen LogP contribution in [0.5, 0.6) is 11.5 Å². The van der Waals surface area contributed by atoms with E-state index in [1.54, 1.807) is 32.4 Å². The lowest BCUT2D eigenvalue weighted by molar-refractivity contribution is 0.102. The van der Waals surface area contributed by atoms with Crippen molar-refractivity contribution >= 4 is 23.1 Å². The first-order valence-electron chi connectivity index (χ1n) is 12.2. The number of nitrogens with one attached hydrogen (secondary N) is 1. The van der Waals surface area contributed by atoms with Crippen LogP contribution in [0.3, 0.4) is 0 Å². The van der Waals surface area contributed by atoms with Gasteiger partial charge in [0.15, 0.2) is 11.5 Å². The standard InChI is InChI=1S/C27H39N5O3/c1-8-22-27(31(14-13-19(2)3)16-15-30(4)5)32-18-20(9-12-25(32)29-22)26(33)28-21-10-11-23(34-6)24(17-21)35-7/h9-12,17-19H,8,13-16H2,1-7H3,(H,28,33). The van der Waals surface area contributed by atoms with E-state index in [9.17, 15) is 4.79 Å². The highest BCUT2D eigenvalue weighted by Crippen LogP contribution is 2.30. The Morgan fingerprint density at radius 2 is 1.80 bits per heavy atom. The van der Waals surface area contributed by atoms with Crippen molar-refractivity contribution in [3.05, 3.63) is 47.8 Å². The molecule has 0 saturated heterocycles. The molecular formula is C27H39N5O3. The number of carbonyl (C=O) groups is 1. The quantitative estimate of drug-likeness (QED) is 0.408. The van der Waals surface area contributed by atoms with Crippen molar-refractivity contribution < 1.29 is 14.3 Å². The van der Waals surface area contributed by atoms with Crippen molar-refractivity contribution in [3.63, 3.8) is 0 Å². The number of benzene rings is 1. The molecule has 0 aliphatic rings. The van der Waals surface area contributed by atoms with Gasteiger partial charge in [-0.25, -0.2) is 4.98 Å². The third-order valence-electron chi connectivity index (χ3n) is 5.99. The molecule has 8 heteroatoms. The first kappa shape index (κ1) is 26.3. The summed E-state index contributed by atoms with van der Waals surface area (Å²) in [4.78, 5) is 22.6. The van der Waals surface area contributed by atoms with Gasteiger partial charge in [0.2, 0.25) is 0 Å². The number of ether oxygens (including phenoxy) is 2. The molecule has 1 N–H and O–H groups in total. The predicted octanol–water partition coefficient (Wildman–Crippen LogP) is 4.58. The monoisotopic (exact) mass is 481 g/mol. The van der Waals surface area contributed by atoms with E-state index in [0.717, 1.165) is 49.6 Å². The topological polar surface area (TPSA) is 71.3 Å². The summed E-state index contributed by atoms with van der Waals surface area (Å²) in [7, 11) is 7.34. The molecular weight excluding hydrogens is 442 g/mol. The Morgan fingerprint density at radius 1 is 1.06 bits per heavy atom. The van der Waals surface area contributed by atoms with Crippen molar-refractivity contribution in [2.75, 3.05) is 58.2 Å². The maximum Gasteiger partial charge on any atom is 0.257 e. The molecule has 0 atom stereocenters. The lowest BCUT2D eigenvalue weighted by atomic mass is 10.1. The highest BCUT2D eigenvalue weighted by Gasteiger charge is 2.20. The highest BCUT2D eigenvalue weighted by atomic mass is 16.5. The number of hydrogen-bond donors (Lipinski definition) is 1. The van der Waals surface area contributed by atoms with E-state index in [2.05, 4.69) is 54.4 Å². The second-order valence-electron chi connectivity index (χ2n) is 9.38. The number of hydrogen-bond acceptors (Lipinski definition) is 6. The van der Waals surface area contributed by atoms with Crippen molar-refractivity contribution in [2.45, 2.75) is 33.6 Å². The van der Waals surface area contributed by atoms with Crippen LogP contribution >= 0.6 is 0 Å². The van der Waals surface area contributed by atoms with Gasteiger partial charge < -0.3 is 24.6 Å². The largest absolute Gasteiger partial charge is 0.493 e. The second-order valence-corrected chi connectivity index (χ2v) is 9.38. The summed E-state index contributed by atoms with van der Waals surface area (Å²) >= 11 is 0. The summed E-state index contributed by atoms with van der Waals surface area (Å²) < 4.78 is 12.7. The molecule has 3 aromatic rings. The number of likely N-dealkylation sites (N-methyl/N-ethyl adjacent to an activating group) is 1. The molecule has 190 valence electrons. The normalized spacial score (nSPS) is 11.3. The van der Waals surface area contributed by atoms with Crippen molar-refractivity contribution in [1.29, 1.82) is 0 Å². The van der Waals surface area contributed by atoms with Gasteiger partial charge in [0.1, 0.15) is 11.5 Å². The average Bonchev–Trinajstić information content (AvgIpc) is 3.21. The summed E-state index contributed by atoms with van der Waals surface area (Å²) in [6, 6.07) is 9.06. The predicted molar refractivity (Wildman–Crippen MR) is 142 cm³/mol. The average molecular weight is 482 g/mol. The van der Waals surface area contributed by atoms with Gasteiger partial charge in [0.05, 0.1) is 25.5 Å². The van der Waals surface area contributed by atoms with Crippen LogP contribution in [0.15, 0.2) is 36.5 Å². The van der Waals surface area contributed by atoms with Crippen LogP contribution in [0.25, 0.3) is 5.65 Å². The molecule has 35 heavy (non-hydrogen) atoms. The van der Waals surface area contributed by atoms with E-state index in [0.29, 0.717) is 28.7 Å². The zero-order chi connectivity index (χ0) is 25.5.